The molecule has 16 heteroatoms. The van der Waals surface area contributed by atoms with E-state index in [0.717, 1.165) is 31.2 Å². The van der Waals surface area contributed by atoms with Crippen LogP contribution in [0.2, 0.25) is 0 Å². The van der Waals surface area contributed by atoms with Crippen LogP contribution in [0, 0.1) is 0 Å². The number of rotatable bonds is 15. The van der Waals surface area contributed by atoms with Gasteiger partial charge in [0, 0.05) is 11.0 Å². The summed E-state index contributed by atoms with van der Waals surface area (Å²) in [6, 6.07) is 9.61. The molecule has 2 aliphatic rings. The minimum Gasteiger partial charge on any atom is -0.476 e. The largest absolute Gasteiger partial charge is 0.476 e. The summed E-state index contributed by atoms with van der Waals surface area (Å²) in [7, 11) is -3.87. The number of aliphatic hydroxyl groups is 1. The summed E-state index contributed by atoms with van der Waals surface area (Å²) in [6.45, 7) is 5.45. The molecule has 4 N–H and O–H groups in total. The highest BCUT2D eigenvalue weighted by atomic mass is 31.2. The Morgan fingerprint density at radius 2 is 2.09 bits per heavy atom. The first-order valence-electron chi connectivity index (χ1n) is 14.5. The molecule has 15 nitrogen and oxygen atoms in total. The maximum atomic E-state index is 14.1. The Kier molecular flexibility index (Phi) is 9.52. The van der Waals surface area contributed by atoms with Gasteiger partial charge < -0.3 is 20.3 Å². The van der Waals surface area contributed by atoms with Gasteiger partial charge in [0.1, 0.15) is 11.6 Å². The number of nitrogens with one attached hydrogen (secondary N) is 1. The minimum atomic E-state index is -3.87. The normalized spacial score (nSPS) is 25.7. The molecule has 1 aromatic carbocycles. The number of unbranched alkanes of at least 4 members (excludes halogenated alkanes) is 1. The molecule has 0 bridgehead atoms. The lowest BCUT2D eigenvalue weighted by molar-refractivity contribution is -0.0447. The fourth-order valence-corrected chi connectivity index (χ4v) is 6.92. The van der Waals surface area contributed by atoms with E-state index in [1.807, 2.05) is 30.3 Å². The third kappa shape index (κ3) is 6.78. The fraction of sp³-hybridized carbons (Fsp3) is 0.593. The Morgan fingerprint density at radius 1 is 1.33 bits per heavy atom. The molecule has 0 amide bonds. The molecule has 1 aliphatic heterocycles. The third-order valence-electron chi connectivity index (χ3n) is 7.54. The minimum absolute atomic E-state index is 0.00560. The van der Waals surface area contributed by atoms with Gasteiger partial charge in [0.2, 0.25) is 11.8 Å². The van der Waals surface area contributed by atoms with E-state index in [4.69, 9.17) is 24.3 Å². The summed E-state index contributed by atoms with van der Waals surface area (Å²) in [6.07, 6.45) is 1.67. The smallest absolute Gasteiger partial charge is 0.406 e. The molecule has 5 rings (SSSR count). The topological polar surface area (TPSA) is 205 Å². The molecule has 0 spiro atoms. The maximum Gasteiger partial charge on any atom is 0.406 e. The molecular weight excluding hydrogens is 577 g/mol. The highest BCUT2D eigenvalue weighted by Crippen LogP contribution is 2.53. The van der Waals surface area contributed by atoms with Gasteiger partial charge in [-0.25, -0.2) is 14.6 Å². The molecule has 43 heavy (non-hydrogen) atoms. The van der Waals surface area contributed by atoms with Gasteiger partial charge in [0.25, 0.3) is 0 Å². The van der Waals surface area contributed by atoms with Gasteiger partial charge in [-0.05, 0) is 44.2 Å². The van der Waals surface area contributed by atoms with Crippen LogP contribution in [-0.2, 0) is 18.3 Å². The molecule has 1 saturated carbocycles. The number of hydrogen-bond acceptors (Lipinski definition) is 11. The van der Waals surface area contributed by atoms with Crippen LogP contribution < -0.4 is 15.6 Å². The van der Waals surface area contributed by atoms with Gasteiger partial charge >= 0.3 is 7.75 Å². The average molecular weight is 616 g/mol. The molecule has 0 radical (unpaired) electrons. The molecule has 2 unspecified atom stereocenters. The van der Waals surface area contributed by atoms with Crippen molar-refractivity contribution < 1.29 is 28.2 Å². The Morgan fingerprint density at radius 3 is 2.77 bits per heavy atom. The predicted molar refractivity (Wildman–Crippen MR) is 158 cm³/mol. The first-order chi connectivity index (χ1) is 20.7. The highest BCUT2D eigenvalue weighted by Gasteiger charge is 2.55. The number of nitrogen functional groups attached to an aromatic ring is 1. The number of ether oxygens (including phenoxy) is 2. The van der Waals surface area contributed by atoms with Gasteiger partial charge in [-0.1, -0.05) is 55.2 Å². The molecule has 1 saturated heterocycles. The van der Waals surface area contributed by atoms with Crippen LogP contribution in [0.1, 0.15) is 70.8 Å². The Hall–Kier alpha value is -3.29. The van der Waals surface area contributed by atoms with E-state index in [2.05, 4.69) is 37.0 Å². The summed E-state index contributed by atoms with van der Waals surface area (Å²) in [5.74, 6) is 0.134. The van der Waals surface area contributed by atoms with Gasteiger partial charge in [-0.3, -0.25) is 13.6 Å². The van der Waals surface area contributed by atoms with E-state index < -0.39 is 37.8 Å². The number of nitrogens with zero attached hydrogens (tertiary/aromatic N) is 7. The molecular formula is C27H38N9O6P. The van der Waals surface area contributed by atoms with Gasteiger partial charge in [-0.15, -0.1) is 0 Å². The third-order valence-corrected chi connectivity index (χ3v) is 9.24. The van der Waals surface area contributed by atoms with E-state index in [9.17, 15) is 15.2 Å². The van der Waals surface area contributed by atoms with Crippen molar-refractivity contribution in [2.45, 2.75) is 89.0 Å². The van der Waals surface area contributed by atoms with Crippen molar-refractivity contribution in [3.05, 3.63) is 52.7 Å². The fourth-order valence-electron chi connectivity index (χ4n) is 5.11. The SMILES string of the molecule is CCCCC(OP(=O)(NC1CC1)OC[C@H]1O[C@@H](n2cnc3c(OCC)nc(N)nc32)[C@](C)(N=[N+]=[N-])[C@@H]1O)c1ccccc1. The molecule has 2 aromatic heterocycles. The van der Waals surface area contributed by atoms with Crippen LogP contribution in [0.25, 0.3) is 21.6 Å². The lowest BCUT2D eigenvalue weighted by atomic mass is 9.93. The number of anilines is 1. The number of hydrogen-bond donors (Lipinski definition) is 3. The number of azide groups is 1. The Balaban J connectivity index is 1.40. The van der Waals surface area contributed by atoms with Crippen LogP contribution in [0.4, 0.5) is 5.95 Å². The van der Waals surface area contributed by atoms with E-state index in [0.29, 0.717) is 18.5 Å². The number of imidazole rings is 1. The second-order valence-corrected chi connectivity index (χ2v) is 12.6. The maximum absolute atomic E-state index is 14.1. The summed E-state index contributed by atoms with van der Waals surface area (Å²) in [4.78, 5) is 15.7. The van der Waals surface area contributed by atoms with Crippen molar-refractivity contribution in [1.29, 1.82) is 0 Å². The van der Waals surface area contributed by atoms with Crippen molar-refractivity contribution in [3.63, 3.8) is 0 Å². The Labute approximate surface area is 249 Å². The lowest BCUT2D eigenvalue weighted by Crippen LogP contribution is -2.42. The van der Waals surface area contributed by atoms with Gasteiger partial charge in [0.15, 0.2) is 17.4 Å². The highest BCUT2D eigenvalue weighted by molar-refractivity contribution is 7.51. The zero-order valence-corrected chi connectivity index (χ0v) is 25.3. The first-order valence-corrected chi connectivity index (χ1v) is 16.0. The Bertz CT molecular complexity index is 1500. The second kappa shape index (κ2) is 13.1. The summed E-state index contributed by atoms with van der Waals surface area (Å²) >= 11 is 0. The number of aliphatic hydroxyl groups excluding tert-OH is 1. The van der Waals surface area contributed by atoms with Crippen molar-refractivity contribution in [2.75, 3.05) is 18.9 Å². The molecule has 3 aromatic rings. The summed E-state index contributed by atoms with van der Waals surface area (Å²) in [5, 5.41) is 18.4. The average Bonchev–Trinajstić information content (AvgIpc) is 3.64. The van der Waals surface area contributed by atoms with E-state index in [-0.39, 0.29) is 30.1 Å². The number of fused-ring (bicyclic) bond motifs is 1. The molecule has 6 atom stereocenters. The van der Waals surface area contributed by atoms with E-state index >= 15 is 0 Å². The zero-order valence-electron chi connectivity index (χ0n) is 24.4. The first kappa shape index (κ1) is 31.1. The van der Waals surface area contributed by atoms with E-state index in [1.54, 1.807) is 13.8 Å². The van der Waals surface area contributed by atoms with Crippen LogP contribution in [0.5, 0.6) is 5.88 Å². The van der Waals surface area contributed by atoms with Crippen LogP contribution in [-0.4, -0.2) is 61.6 Å². The van der Waals surface area contributed by atoms with Crippen LogP contribution >= 0.6 is 7.75 Å². The van der Waals surface area contributed by atoms with Crippen molar-refractivity contribution in [3.8, 4) is 5.88 Å². The summed E-state index contributed by atoms with van der Waals surface area (Å²) in [5.41, 5.74) is 15.3. The molecule has 3 heterocycles. The number of aromatic nitrogens is 4. The van der Waals surface area contributed by atoms with E-state index in [1.165, 1.54) is 10.9 Å². The number of benzene rings is 1. The van der Waals surface area contributed by atoms with Crippen LogP contribution in [0.3, 0.4) is 0 Å². The van der Waals surface area contributed by atoms with Crippen molar-refractivity contribution >= 4 is 24.9 Å². The van der Waals surface area contributed by atoms with Gasteiger partial charge in [-0.2, -0.15) is 9.97 Å². The van der Waals surface area contributed by atoms with Gasteiger partial charge in [0.05, 0.1) is 31.7 Å². The monoisotopic (exact) mass is 615 g/mol. The number of nitrogens with two attached hydrogens (primary N) is 1. The van der Waals surface area contributed by atoms with Crippen molar-refractivity contribution in [1.82, 2.24) is 24.6 Å². The lowest BCUT2D eigenvalue weighted by Gasteiger charge is -2.28. The standard InChI is InChI=1S/C27H38N9O6P/c1-4-6-12-19(17-10-8-7-9-11-17)42-43(38,33-18-13-14-18)40-15-20-22(37)27(3,34-35-29)25(41-20)36-16-30-21-23(36)31-26(28)32-24(21)39-5-2/h7-11,16,18-20,22,25,37H,4-6,12-15H2,1-3H3,(H,33,38)(H2,28,31,32)/t19?,20-,22-,25-,27-,43?/m1/s1. The molecule has 232 valence electrons. The van der Waals surface area contributed by atoms with Crippen molar-refractivity contribution in [2.24, 2.45) is 5.11 Å². The molecule has 1 aliphatic carbocycles. The summed E-state index contributed by atoms with van der Waals surface area (Å²) < 4.78 is 39.7. The van der Waals surface area contributed by atoms with Crippen LogP contribution in [0.15, 0.2) is 41.8 Å². The predicted octanol–water partition coefficient (Wildman–Crippen LogP) is 4.96. The molecule has 2 fully saturated rings. The zero-order chi connectivity index (χ0) is 30.6. The second-order valence-electron chi connectivity index (χ2n) is 10.9. The quantitative estimate of drug-likeness (QED) is 0.0901.